The molecule has 0 bridgehead atoms. The summed E-state index contributed by atoms with van der Waals surface area (Å²) in [6.45, 7) is 12.0. The Bertz CT molecular complexity index is 771. The van der Waals surface area contributed by atoms with E-state index in [9.17, 15) is 9.59 Å². The molecule has 0 aliphatic carbocycles. The van der Waals surface area contributed by atoms with Gasteiger partial charge in [0, 0.05) is 18.5 Å². The maximum atomic E-state index is 13.0. The molecule has 0 saturated carbocycles. The number of amides is 2. The molecule has 0 radical (unpaired) electrons. The van der Waals surface area contributed by atoms with Crippen LogP contribution in [0.2, 0.25) is 0 Å². The lowest BCUT2D eigenvalue weighted by atomic mass is 10.2. The summed E-state index contributed by atoms with van der Waals surface area (Å²) >= 11 is 0. The summed E-state index contributed by atoms with van der Waals surface area (Å²) in [7, 11) is 0. The van der Waals surface area contributed by atoms with E-state index in [1.54, 1.807) is 0 Å². The van der Waals surface area contributed by atoms with Crippen molar-refractivity contribution >= 4 is 22.8 Å². The number of hydrogen-bond donors (Lipinski definition) is 1. The van der Waals surface area contributed by atoms with E-state index in [0.29, 0.717) is 12.2 Å². The van der Waals surface area contributed by atoms with Gasteiger partial charge in [-0.3, -0.25) is 9.59 Å². The second kappa shape index (κ2) is 8.34. The van der Waals surface area contributed by atoms with Crippen molar-refractivity contribution in [2.45, 2.75) is 72.6 Å². The Labute approximate surface area is 155 Å². The molecule has 2 amide bonds. The van der Waals surface area contributed by atoms with Crippen molar-refractivity contribution < 1.29 is 9.59 Å². The van der Waals surface area contributed by atoms with Crippen molar-refractivity contribution in [1.29, 1.82) is 0 Å². The largest absolute Gasteiger partial charge is 0.346 e. The number of fused-ring (bicyclic) bond motifs is 1. The Morgan fingerprint density at radius 2 is 1.73 bits per heavy atom. The lowest BCUT2D eigenvalue weighted by Gasteiger charge is -2.31. The molecular formula is C20H30N4O2. The third-order valence-electron chi connectivity index (χ3n) is 4.46. The van der Waals surface area contributed by atoms with Gasteiger partial charge in [0.05, 0.1) is 17.1 Å². The Balaban J connectivity index is 2.42. The van der Waals surface area contributed by atoms with Crippen molar-refractivity contribution in [1.82, 2.24) is 19.8 Å². The summed E-state index contributed by atoms with van der Waals surface area (Å²) in [4.78, 5) is 31.4. The molecule has 0 saturated heterocycles. The van der Waals surface area contributed by atoms with Crippen molar-refractivity contribution in [3.8, 4) is 0 Å². The summed E-state index contributed by atoms with van der Waals surface area (Å²) in [5.41, 5.74) is 1.73. The van der Waals surface area contributed by atoms with Gasteiger partial charge in [-0.25, -0.2) is 4.98 Å². The fraction of sp³-hybridized carbons (Fsp3) is 0.550. The summed E-state index contributed by atoms with van der Waals surface area (Å²) in [6.07, 6.45) is 0.415. The number of imidazole rings is 1. The monoisotopic (exact) mass is 358 g/mol. The average Bonchev–Trinajstić information content (AvgIpc) is 2.92. The van der Waals surface area contributed by atoms with Gasteiger partial charge in [0.25, 0.3) is 0 Å². The first-order valence-electron chi connectivity index (χ1n) is 9.31. The van der Waals surface area contributed by atoms with E-state index >= 15 is 0 Å². The van der Waals surface area contributed by atoms with E-state index in [-0.39, 0.29) is 36.5 Å². The zero-order valence-electron chi connectivity index (χ0n) is 16.6. The second-order valence-corrected chi connectivity index (χ2v) is 7.18. The molecular weight excluding hydrogens is 328 g/mol. The van der Waals surface area contributed by atoms with Gasteiger partial charge < -0.3 is 14.8 Å². The molecule has 1 atom stereocenters. The molecule has 1 aromatic carbocycles. The molecule has 6 nitrogen and oxygen atoms in total. The van der Waals surface area contributed by atoms with E-state index in [4.69, 9.17) is 0 Å². The third-order valence-corrected chi connectivity index (χ3v) is 4.46. The van der Waals surface area contributed by atoms with Crippen molar-refractivity contribution in [2.75, 3.05) is 0 Å². The lowest BCUT2D eigenvalue weighted by Crippen LogP contribution is -2.44. The van der Waals surface area contributed by atoms with Gasteiger partial charge in [0.15, 0.2) is 0 Å². The summed E-state index contributed by atoms with van der Waals surface area (Å²) < 4.78 is 1.93. The van der Waals surface area contributed by atoms with Gasteiger partial charge in [-0.1, -0.05) is 19.1 Å². The van der Waals surface area contributed by atoms with Crippen LogP contribution in [0.25, 0.3) is 11.0 Å². The van der Waals surface area contributed by atoms with Crippen LogP contribution in [0.3, 0.4) is 0 Å². The molecule has 142 valence electrons. The molecule has 0 spiro atoms. The first-order valence-corrected chi connectivity index (χ1v) is 9.31. The summed E-state index contributed by atoms with van der Waals surface area (Å²) in [5.74, 6) is 0.718. The molecule has 26 heavy (non-hydrogen) atoms. The van der Waals surface area contributed by atoms with E-state index in [2.05, 4.69) is 10.3 Å². The number of rotatable bonds is 7. The normalized spacial score (nSPS) is 12.6. The predicted molar refractivity (Wildman–Crippen MR) is 104 cm³/mol. The molecule has 0 aliphatic rings. The molecule has 1 heterocycles. The van der Waals surface area contributed by atoms with Crippen LogP contribution in [-0.4, -0.2) is 38.3 Å². The van der Waals surface area contributed by atoms with Crippen LogP contribution >= 0.6 is 0 Å². The third kappa shape index (κ3) is 4.23. The molecule has 1 unspecified atom stereocenters. The average molecular weight is 358 g/mol. The number of hydrogen-bond acceptors (Lipinski definition) is 3. The quantitative estimate of drug-likeness (QED) is 0.826. The van der Waals surface area contributed by atoms with E-state index < -0.39 is 0 Å². The van der Waals surface area contributed by atoms with Crippen molar-refractivity contribution in [3.05, 3.63) is 30.1 Å². The van der Waals surface area contributed by atoms with Crippen LogP contribution in [0.5, 0.6) is 0 Å². The second-order valence-electron chi connectivity index (χ2n) is 7.18. The molecule has 0 aliphatic heterocycles. The number of benzene rings is 1. The van der Waals surface area contributed by atoms with E-state index in [0.717, 1.165) is 11.0 Å². The Kier molecular flexibility index (Phi) is 6.40. The van der Waals surface area contributed by atoms with E-state index in [1.165, 1.54) is 0 Å². The van der Waals surface area contributed by atoms with E-state index in [1.807, 2.05) is 75.3 Å². The minimum absolute atomic E-state index is 0.0339. The molecule has 1 aromatic heterocycles. The first-order chi connectivity index (χ1) is 12.3. The lowest BCUT2D eigenvalue weighted by molar-refractivity contribution is -0.135. The SMILES string of the molecule is CCC(=O)NC(C)c1nc2ccccc2n1CC(=O)N(C(C)C)C(C)C. The minimum atomic E-state index is -0.269. The van der Waals surface area contributed by atoms with Crippen LogP contribution in [0.1, 0.15) is 59.8 Å². The Morgan fingerprint density at radius 3 is 2.31 bits per heavy atom. The molecule has 2 rings (SSSR count). The fourth-order valence-electron chi connectivity index (χ4n) is 3.39. The van der Waals surface area contributed by atoms with Crippen molar-refractivity contribution in [2.24, 2.45) is 0 Å². The topological polar surface area (TPSA) is 67.2 Å². The predicted octanol–water partition coefficient (Wildman–Crippen LogP) is 3.27. The van der Waals surface area contributed by atoms with Crippen LogP contribution < -0.4 is 5.32 Å². The number of aromatic nitrogens is 2. The Hall–Kier alpha value is -2.37. The highest BCUT2D eigenvalue weighted by molar-refractivity contribution is 5.82. The number of carbonyl (C=O) groups is 2. The molecule has 6 heteroatoms. The van der Waals surface area contributed by atoms with Crippen LogP contribution in [0.4, 0.5) is 0 Å². The van der Waals surface area contributed by atoms with Gasteiger partial charge in [0.1, 0.15) is 12.4 Å². The summed E-state index contributed by atoms with van der Waals surface area (Å²) in [5, 5.41) is 2.95. The smallest absolute Gasteiger partial charge is 0.243 e. The maximum absolute atomic E-state index is 13.0. The van der Waals surface area contributed by atoms with Crippen LogP contribution in [0.15, 0.2) is 24.3 Å². The molecule has 2 aromatic rings. The first kappa shape index (κ1) is 19.9. The van der Waals surface area contributed by atoms with Gasteiger partial charge in [-0.2, -0.15) is 0 Å². The highest BCUT2D eigenvalue weighted by atomic mass is 16.2. The van der Waals surface area contributed by atoms with Gasteiger partial charge in [0.2, 0.25) is 11.8 Å². The zero-order valence-corrected chi connectivity index (χ0v) is 16.6. The number of para-hydroxylation sites is 2. The number of nitrogens with zero attached hydrogens (tertiary/aromatic N) is 3. The highest BCUT2D eigenvalue weighted by Crippen LogP contribution is 2.22. The van der Waals surface area contributed by atoms with Crippen LogP contribution in [-0.2, 0) is 16.1 Å². The van der Waals surface area contributed by atoms with Gasteiger partial charge >= 0.3 is 0 Å². The molecule has 1 N–H and O–H groups in total. The zero-order chi connectivity index (χ0) is 19.4. The highest BCUT2D eigenvalue weighted by Gasteiger charge is 2.24. The Morgan fingerprint density at radius 1 is 1.12 bits per heavy atom. The standard InChI is InChI=1S/C20H30N4O2/c1-7-18(25)21-15(6)20-22-16-10-8-9-11-17(16)23(20)12-19(26)24(13(2)3)14(4)5/h8-11,13-15H,7,12H2,1-6H3,(H,21,25). The minimum Gasteiger partial charge on any atom is -0.346 e. The summed E-state index contributed by atoms with van der Waals surface area (Å²) in [6, 6.07) is 7.73. The van der Waals surface area contributed by atoms with Gasteiger partial charge in [-0.05, 0) is 46.8 Å². The van der Waals surface area contributed by atoms with Gasteiger partial charge in [-0.15, -0.1) is 0 Å². The number of nitrogens with one attached hydrogen (secondary N) is 1. The maximum Gasteiger partial charge on any atom is 0.243 e. The van der Waals surface area contributed by atoms with Crippen molar-refractivity contribution in [3.63, 3.8) is 0 Å². The molecule has 0 fully saturated rings. The number of carbonyl (C=O) groups excluding carboxylic acids is 2. The van der Waals surface area contributed by atoms with Crippen LogP contribution in [0, 0.1) is 0 Å². The fourth-order valence-corrected chi connectivity index (χ4v) is 3.39.